The highest BCUT2D eigenvalue weighted by atomic mass is 35.7. The van der Waals surface area contributed by atoms with Gasteiger partial charge >= 0.3 is 0 Å². The maximum absolute atomic E-state index is 5.94. The summed E-state index contributed by atoms with van der Waals surface area (Å²) in [6.07, 6.45) is 0.947. The van der Waals surface area contributed by atoms with Gasteiger partial charge in [-0.2, -0.15) is 5.10 Å². The highest BCUT2D eigenvalue weighted by Gasteiger charge is 2.20. The van der Waals surface area contributed by atoms with Gasteiger partial charge in [0, 0.05) is 17.5 Å². The molecule has 7 heteroatoms. The first-order valence-corrected chi connectivity index (χ1v) is 8.82. The number of rotatable bonds is 4. The molecule has 2 heterocycles. The van der Waals surface area contributed by atoms with Crippen molar-refractivity contribution in [1.82, 2.24) is 14.3 Å². The normalized spacial score (nSPS) is 12.1. The second kappa shape index (κ2) is 5.77. The van der Waals surface area contributed by atoms with E-state index in [0.717, 1.165) is 23.0 Å². The molecule has 0 N–H and O–H groups in total. The Morgan fingerprint density at radius 3 is 2.58 bits per heavy atom. The second-order valence-electron chi connectivity index (χ2n) is 4.71. The van der Waals surface area contributed by atoms with E-state index in [0.29, 0.717) is 0 Å². The van der Waals surface area contributed by atoms with Crippen LogP contribution in [0, 0.1) is 6.92 Å². The van der Waals surface area contributed by atoms with E-state index in [1.54, 1.807) is 0 Å². The van der Waals surface area contributed by atoms with Gasteiger partial charge in [-0.3, -0.25) is 9.25 Å². The molecule has 0 aliphatic rings. The van der Waals surface area contributed by atoms with Crippen LogP contribution in [0.5, 0.6) is 0 Å². The molecule has 0 bridgehead atoms. The minimum atomic E-state index is -0.184. The molecule has 2 aromatic rings. The van der Waals surface area contributed by atoms with Gasteiger partial charge in [-0.25, -0.2) is 0 Å². The quantitative estimate of drug-likeness (QED) is 0.784. The SMILES string of the molecule is CCc1ccc(SCl)n1-c1cc(C)n(C(C)(P)P)n1. The van der Waals surface area contributed by atoms with Crippen LogP contribution in [-0.2, 0) is 11.4 Å². The first-order valence-electron chi connectivity index (χ1n) is 6.03. The lowest BCUT2D eigenvalue weighted by Gasteiger charge is -2.20. The lowest BCUT2D eigenvalue weighted by molar-refractivity contribution is 0.571. The molecule has 0 saturated carbocycles. The van der Waals surface area contributed by atoms with Gasteiger partial charge in [-0.05, 0) is 54.1 Å². The van der Waals surface area contributed by atoms with Crippen LogP contribution in [0.4, 0.5) is 0 Å². The van der Waals surface area contributed by atoms with Gasteiger partial charge in [-0.15, -0.1) is 18.5 Å². The van der Waals surface area contributed by atoms with E-state index in [4.69, 9.17) is 15.8 Å². The lowest BCUT2D eigenvalue weighted by atomic mass is 10.3. The lowest BCUT2D eigenvalue weighted by Crippen LogP contribution is -2.17. The Labute approximate surface area is 127 Å². The molecule has 0 saturated heterocycles. The van der Waals surface area contributed by atoms with E-state index in [-0.39, 0.29) is 5.02 Å². The standard InChI is InChI=1S/C12H18ClN3P2S/c1-4-9-5-6-11(19-13)15(9)10-7-8(2)16(14-10)12(3,17)18/h5-7H,4,17-18H2,1-3H3. The molecule has 2 aromatic heterocycles. The summed E-state index contributed by atoms with van der Waals surface area (Å²) in [4.78, 5) is 0. The number of halogens is 1. The van der Waals surface area contributed by atoms with Crippen molar-refractivity contribution in [2.45, 2.75) is 37.2 Å². The third kappa shape index (κ3) is 3.03. The van der Waals surface area contributed by atoms with Gasteiger partial charge in [0.05, 0.1) is 10.0 Å². The van der Waals surface area contributed by atoms with E-state index >= 15 is 0 Å². The first kappa shape index (κ1) is 15.4. The monoisotopic (exact) mass is 333 g/mol. The fraction of sp³-hybridized carbons (Fsp3) is 0.417. The molecule has 0 amide bonds. The number of nitrogens with zero attached hydrogens (tertiary/aromatic N) is 3. The Kier molecular flexibility index (Phi) is 4.67. The molecular formula is C12H18ClN3P2S. The topological polar surface area (TPSA) is 22.8 Å². The summed E-state index contributed by atoms with van der Waals surface area (Å²) in [5, 5.41) is 5.52. The van der Waals surface area contributed by atoms with E-state index in [1.807, 2.05) is 10.7 Å². The molecule has 2 atom stereocenters. The van der Waals surface area contributed by atoms with Crippen molar-refractivity contribution in [2.75, 3.05) is 0 Å². The third-order valence-corrected chi connectivity index (χ3v) is 4.37. The van der Waals surface area contributed by atoms with E-state index < -0.39 is 0 Å². The number of hydrogen-bond acceptors (Lipinski definition) is 2. The second-order valence-corrected chi connectivity index (χ2v) is 8.75. The minimum Gasteiger partial charge on any atom is -0.290 e. The predicted octanol–water partition coefficient (Wildman–Crippen LogP) is 4.17. The van der Waals surface area contributed by atoms with Crippen LogP contribution < -0.4 is 0 Å². The van der Waals surface area contributed by atoms with Crippen LogP contribution >= 0.6 is 40.1 Å². The van der Waals surface area contributed by atoms with Crippen LogP contribution in [0.3, 0.4) is 0 Å². The summed E-state index contributed by atoms with van der Waals surface area (Å²) in [5.74, 6) is 0.915. The van der Waals surface area contributed by atoms with Crippen LogP contribution in [0.15, 0.2) is 23.2 Å². The molecule has 0 spiro atoms. The molecule has 0 fully saturated rings. The van der Waals surface area contributed by atoms with Crippen molar-refractivity contribution in [3.05, 3.63) is 29.6 Å². The molecular weight excluding hydrogens is 316 g/mol. The molecule has 2 rings (SSSR count). The fourth-order valence-electron chi connectivity index (χ4n) is 2.11. The maximum Gasteiger partial charge on any atom is 0.160 e. The summed E-state index contributed by atoms with van der Waals surface area (Å²) >= 11 is 0. The Hall–Kier alpha value is -0.0100. The Bertz CT molecular complexity index is 565. The highest BCUT2D eigenvalue weighted by Crippen LogP contribution is 2.34. The van der Waals surface area contributed by atoms with E-state index in [2.05, 4.69) is 56.0 Å². The average molecular weight is 334 g/mol. The van der Waals surface area contributed by atoms with Crippen molar-refractivity contribution in [2.24, 2.45) is 0 Å². The van der Waals surface area contributed by atoms with Crippen molar-refractivity contribution in [3.63, 3.8) is 0 Å². The number of aromatic nitrogens is 3. The number of hydrogen-bond donors (Lipinski definition) is 0. The molecule has 104 valence electrons. The molecule has 3 nitrogen and oxygen atoms in total. The smallest absolute Gasteiger partial charge is 0.160 e. The highest BCUT2D eigenvalue weighted by molar-refractivity contribution is 8.21. The molecule has 2 unspecified atom stereocenters. The van der Waals surface area contributed by atoms with Crippen LogP contribution in [0.2, 0.25) is 0 Å². The summed E-state index contributed by atoms with van der Waals surface area (Å²) in [6, 6.07) is 6.22. The zero-order valence-corrected chi connectivity index (χ0v) is 15.1. The van der Waals surface area contributed by atoms with Gasteiger partial charge in [-0.1, -0.05) is 6.92 Å². The van der Waals surface area contributed by atoms with E-state index in [9.17, 15) is 0 Å². The Morgan fingerprint density at radius 1 is 1.42 bits per heavy atom. The predicted molar refractivity (Wildman–Crippen MR) is 90.4 cm³/mol. The summed E-state index contributed by atoms with van der Waals surface area (Å²) in [6.45, 7) is 6.28. The largest absolute Gasteiger partial charge is 0.290 e. The van der Waals surface area contributed by atoms with Crippen LogP contribution in [-0.4, -0.2) is 14.3 Å². The van der Waals surface area contributed by atoms with Crippen molar-refractivity contribution in [3.8, 4) is 5.82 Å². The maximum atomic E-state index is 5.94. The van der Waals surface area contributed by atoms with Gasteiger partial charge in [0.2, 0.25) is 0 Å². The summed E-state index contributed by atoms with van der Waals surface area (Å²) in [7, 11) is 12.7. The van der Waals surface area contributed by atoms with Crippen molar-refractivity contribution >= 4 is 40.1 Å². The van der Waals surface area contributed by atoms with Gasteiger partial charge in [0.25, 0.3) is 0 Å². The fourth-order valence-corrected chi connectivity index (χ4v) is 3.39. The molecule has 19 heavy (non-hydrogen) atoms. The zero-order valence-electron chi connectivity index (χ0n) is 11.2. The van der Waals surface area contributed by atoms with Crippen LogP contribution in [0.1, 0.15) is 25.2 Å². The molecule has 0 radical (unpaired) electrons. The third-order valence-electron chi connectivity index (χ3n) is 2.93. The minimum absolute atomic E-state index is 0.184. The molecule has 0 aliphatic carbocycles. The Balaban J connectivity index is 2.57. The van der Waals surface area contributed by atoms with Crippen LogP contribution in [0.25, 0.3) is 5.82 Å². The molecule has 0 aromatic carbocycles. The Morgan fingerprint density at radius 2 is 2.11 bits per heavy atom. The first-order chi connectivity index (χ1) is 8.88. The number of aryl methyl sites for hydroxylation is 2. The van der Waals surface area contributed by atoms with Crippen molar-refractivity contribution < 1.29 is 0 Å². The van der Waals surface area contributed by atoms with Crippen molar-refractivity contribution in [1.29, 1.82) is 0 Å². The zero-order chi connectivity index (χ0) is 14.2. The summed E-state index contributed by atoms with van der Waals surface area (Å²) < 4.78 is 4.10. The van der Waals surface area contributed by atoms with Gasteiger partial charge < -0.3 is 0 Å². The van der Waals surface area contributed by atoms with E-state index in [1.165, 1.54) is 16.7 Å². The molecule has 0 aliphatic heterocycles. The van der Waals surface area contributed by atoms with Gasteiger partial charge in [0.15, 0.2) is 5.82 Å². The summed E-state index contributed by atoms with van der Waals surface area (Å²) in [5.41, 5.74) is 2.32. The van der Waals surface area contributed by atoms with Gasteiger partial charge in [0.1, 0.15) is 0 Å². The average Bonchev–Trinajstić information content (AvgIpc) is 2.90.